The van der Waals surface area contributed by atoms with Crippen LogP contribution in [-0.4, -0.2) is 32.9 Å². The number of nitrogens with zero attached hydrogens (tertiary/aromatic N) is 2. The van der Waals surface area contributed by atoms with Crippen molar-refractivity contribution >= 4 is 11.6 Å². The third-order valence-electron chi connectivity index (χ3n) is 3.63. The predicted octanol–water partition coefficient (Wildman–Crippen LogP) is 0.113. The Kier molecular flexibility index (Phi) is 3.30. The predicted molar refractivity (Wildman–Crippen MR) is 67.9 cm³/mol. The first-order valence-corrected chi connectivity index (χ1v) is 6.20. The molecular formula is C12H20N4O2. The number of aryl methyl sites for hydroxylation is 1. The van der Waals surface area contributed by atoms with E-state index in [1.54, 1.807) is 4.68 Å². The van der Waals surface area contributed by atoms with E-state index in [0.717, 1.165) is 30.7 Å². The van der Waals surface area contributed by atoms with E-state index in [1.165, 1.54) is 0 Å². The fraction of sp³-hybridized carbons (Fsp3) is 0.667. The summed E-state index contributed by atoms with van der Waals surface area (Å²) >= 11 is 0. The first kappa shape index (κ1) is 12.9. The lowest BCUT2D eigenvalue weighted by molar-refractivity contribution is -0.124. The number of nitrogens with one attached hydrogen (secondary N) is 1. The van der Waals surface area contributed by atoms with Crippen LogP contribution in [0.2, 0.25) is 0 Å². The molecule has 0 bridgehead atoms. The Labute approximate surface area is 106 Å². The Hall–Kier alpha value is -1.56. The average molecular weight is 252 g/mol. The molecule has 2 rings (SSSR count). The van der Waals surface area contributed by atoms with Crippen LogP contribution in [0.1, 0.15) is 30.7 Å². The van der Waals surface area contributed by atoms with E-state index in [0.29, 0.717) is 12.2 Å². The zero-order valence-corrected chi connectivity index (χ0v) is 10.9. The number of carbonyl (C=O) groups is 1. The molecule has 1 fully saturated rings. The molecule has 1 aromatic rings. The molecule has 6 nitrogen and oxygen atoms in total. The van der Waals surface area contributed by atoms with Gasteiger partial charge in [0.15, 0.2) is 0 Å². The molecule has 0 radical (unpaired) electrons. The number of carbonyl (C=O) groups excluding carboxylic acids is 1. The molecule has 1 saturated carbocycles. The molecule has 0 aromatic carbocycles. The number of aliphatic hydroxyl groups is 1. The highest BCUT2D eigenvalue weighted by Gasteiger charge is 2.34. The Morgan fingerprint density at radius 1 is 1.56 bits per heavy atom. The van der Waals surface area contributed by atoms with E-state index >= 15 is 0 Å². The molecule has 1 amide bonds. The van der Waals surface area contributed by atoms with Gasteiger partial charge in [-0.25, -0.2) is 0 Å². The van der Waals surface area contributed by atoms with Gasteiger partial charge < -0.3 is 16.2 Å². The summed E-state index contributed by atoms with van der Waals surface area (Å²) in [5.41, 5.74) is 7.26. The van der Waals surface area contributed by atoms with E-state index in [4.69, 9.17) is 5.73 Å². The van der Waals surface area contributed by atoms with Crippen molar-refractivity contribution in [2.24, 2.45) is 0 Å². The lowest BCUT2D eigenvalue weighted by Crippen LogP contribution is -2.48. The van der Waals surface area contributed by atoms with Crippen molar-refractivity contribution in [2.45, 2.75) is 45.3 Å². The summed E-state index contributed by atoms with van der Waals surface area (Å²) in [6.07, 6.45) is 2.56. The van der Waals surface area contributed by atoms with Crippen molar-refractivity contribution in [2.75, 3.05) is 12.3 Å². The molecule has 0 atom stereocenters. The van der Waals surface area contributed by atoms with Crippen molar-refractivity contribution in [3.05, 3.63) is 11.4 Å². The number of nitrogen functional groups attached to an aromatic ring is 1. The van der Waals surface area contributed by atoms with E-state index in [1.807, 2.05) is 13.8 Å². The quantitative estimate of drug-likeness (QED) is 0.709. The smallest absolute Gasteiger partial charge is 0.241 e. The first-order valence-electron chi connectivity index (χ1n) is 6.20. The Balaban J connectivity index is 1.89. The second-order valence-corrected chi connectivity index (χ2v) is 5.10. The molecule has 1 heterocycles. The summed E-state index contributed by atoms with van der Waals surface area (Å²) in [6.45, 7) is 4.11. The van der Waals surface area contributed by atoms with Gasteiger partial charge in [-0.15, -0.1) is 0 Å². The zero-order chi connectivity index (χ0) is 13.3. The average Bonchev–Trinajstić information content (AvgIpc) is 2.52. The maximum atomic E-state index is 11.7. The minimum Gasteiger partial charge on any atom is -0.396 e. The topological polar surface area (TPSA) is 93.2 Å². The van der Waals surface area contributed by atoms with E-state index in [9.17, 15) is 9.90 Å². The lowest BCUT2D eigenvalue weighted by atomic mass is 9.80. The van der Waals surface area contributed by atoms with E-state index in [-0.39, 0.29) is 12.5 Å². The summed E-state index contributed by atoms with van der Waals surface area (Å²) in [5.74, 6) is -0.152. The number of amides is 1. The van der Waals surface area contributed by atoms with Crippen LogP contribution in [0, 0.1) is 13.8 Å². The standard InChI is InChI=1S/C12H20N4O2/c1-8-11(13)9(2)16(15-8)6-10(17)14-7-12(18)4-3-5-12/h18H,3-7,13H2,1-2H3,(H,14,17). The van der Waals surface area contributed by atoms with Crippen LogP contribution >= 0.6 is 0 Å². The van der Waals surface area contributed by atoms with Crippen molar-refractivity contribution in [3.8, 4) is 0 Å². The van der Waals surface area contributed by atoms with Gasteiger partial charge in [-0.05, 0) is 33.1 Å². The number of nitrogens with two attached hydrogens (primary N) is 1. The van der Waals surface area contributed by atoms with Crippen LogP contribution < -0.4 is 11.1 Å². The molecule has 1 aliphatic rings. The molecule has 1 aliphatic carbocycles. The van der Waals surface area contributed by atoms with Crippen molar-refractivity contribution < 1.29 is 9.90 Å². The molecule has 18 heavy (non-hydrogen) atoms. The third kappa shape index (κ3) is 2.48. The summed E-state index contributed by atoms with van der Waals surface area (Å²) in [6, 6.07) is 0. The maximum Gasteiger partial charge on any atom is 0.241 e. The van der Waals surface area contributed by atoms with Gasteiger partial charge in [0.1, 0.15) is 6.54 Å². The number of rotatable bonds is 4. The highest BCUT2D eigenvalue weighted by Crippen LogP contribution is 2.30. The Morgan fingerprint density at radius 2 is 2.22 bits per heavy atom. The van der Waals surface area contributed by atoms with Crippen LogP contribution in [0.3, 0.4) is 0 Å². The molecule has 4 N–H and O–H groups in total. The molecular weight excluding hydrogens is 232 g/mol. The highest BCUT2D eigenvalue weighted by molar-refractivity contribution is 5.76. The SMILES string of the molecule is Cc1nn(CC(=O)NCC2(O)CCC2)c(C)c1N. The normalized spacial score (nSPS) is 17.3. The van der Waals surface area contributed by atoms with Crippen LogP contribution in [0.4, 0.5) is 5.69 Å². The van der Waals surface area contributed by atoms with Gasteiger partial charge in [-0.2, -0.15) is 5.10 Å². The number of hydrogen-bond donors (Lipinski definition) is 3. The fourth-order valence-corrected chi connectivity index (χ4v) is 2.08. The molecule has 1 aromatic heterocycles. The van der Waals surface area contributed by atoms with Crippen molar-refractivity contribution in [1.29, 1.82) is 0 Å². The molecule has 6 heteroatoms. The molecule has 0 unspecified atom stereocenters. The fourth-order valence-electron chi connectivity index (χ4n) is 2.08. The number of aromatic nitrogens is 2. The van der Waals surface area contributed by atoms with Crippen LogP contribution in [0.5, 0.6) is 0 Å². The van der Waals surface area contributed by atoms with Crippen LogP contribution in [0.25, 0.3) is 0 Å². The molecule has 100 valence electrons. The largest absolute Gasteiger partial charge is 0.396 e. The van der Waals surface area contributed by atoms with Crippen molar-refractivity contribution in [1.82, 2.24) is 15.1 Å². The van der Waals surface area contributed by atoms with Crippen LogP contribution in [0.15, 0.2) is 0 Å². The number of hydrogen-bond acceptors (Lipinski definition) is 4. The van der Waals surface area contributed by atoms with E-state index < -0.39 is 5.60 Å². The summed E-state index contributed by atoms with van der Waals surface area (Å²) in [7, 11) is 0. The van der Waals surface area contributed by atoms with Gasteiger partial charge in [0.2, 0.25) is 5.91 Å². The lowest BCUT2D eigenvalue weighted by Gasteiger charge is -2.36. The maximum absolute atomic E-state index is 11.7. The summed E-state index contributed by atoms with van der Waals surface area (Å²) < 4.78 is 1.59. The number of anilines is 1. The van der Waals surface area contributed by atoms with Gasteiger partial charge in [0.25, 0.3) is 0 Å². The third-order valence-corrected chi connectivity index (χ3v) is 3.63. The molecule has 0 saturated heterocycles. The van der Waals surface area contributed by atoms with Gasteiger partial charge in [0, 0.05) is 6.54 Å². The zero-order valence-electron chi connectivity index (χ0n) is 10.9. The summed E-state index contributed by atoms with van der Waals surface area (Å²) in [4.78, 5) is 11.7. The Bertz CT molecular complexity index is 463. The first-order chi connectivity index (χ1) is 8.41. The Morgan fingerprint density at radius 3 is 2.67 bits per heavy atom. The monoisotopic (exact) mass is 252 g/mol. The van der Waals surface area contributed by atoms with E-state index in [2.05, 4.69) is 10.4 Å². The minimum absolute atomic E-state index is 0.139. The second-order valence-electron chi connectivity index (χ2n) is 5.10. The van der Waals surface area contributed by atoms with Crippen LogP contribution in [-0.2, 0) is 11.3 Å². The van der Waals surface area contributed by atoms with Gasteiger partial charge >= 0.3 is 0 Å². The van der Waals surface area contributed by atoms with Gasteiger partial charge in [0.05, 0.1) is 22.7 Å². The van der Waals surface area contributed by atoms with Gasteiger partial charge in [-0.3, -0.25) is 9.48 Å². The minimum atomic E-state index is -0.691. The second kappa shape index (κ2) is 4.61. The van der Waals surface area contributed by atoms with Gasteiger partial charge in [-0.1, -0.05) is 0 Å². The summed E-state index contributed by atoms with van der Waals surface area (Å²) in [5, 5.41) is 16.8. The molecule has 0 spiro atoms. The highest BCUT2D eigenvalue weighted by atomic mass is 16.3. The molecule has 0 aliphatic heterocycles. The van der Waals surface area contributed by atoms with Crippen molar-refractivity contribution in [3.63, 3.8) is 0 Å².